The third kappa shape index (κ3) is 2.68. The third-order valence-electron chi connectivity index (χ3n) is 1.81. The molecule has 0 aromatic carbocycles. The Kier molecular flexibility index (Phi) is 3.63. The molecule has 0 saturated heterocycles. The predicted molar refractivity (Wildman–Crippen MR) is 53.5 cm³/mol. The van der Waals surface area contributed by atoms with E-state index in [-0.39, 0.29) is 5.57 Å². The van der Waals surface area contributed by atoms with Gasteiger partial charge in [0, 0.05) is 18.3 Å². The van der Waals surface area contributed by atoms with E-state index in [1.807, 2.05) is 6.92 Å². The molecular formula is C10H11N3O2. The number of esters is 1. The van der Waals surface area contributed by atoms with Gasteiger partial charge in [-0.05, 0) is 13.0 Å². The van der Waals surface area contributed by atoms with Gasteiger partial charge in [0.05, 0.1) is 13.3 Å². The van der Waals surface area contributed by atoms with Gasteiger partial charge < -0.3 is 4.74 Å². The van der Waals surface area contributed by atoms with Crippen LogP contribution < -0.4 is 0 Å². The van der Waals surface area contributed by atoms with Crippen molar-refractivity contribution in [2.24, 2.45) is 0 Å². The molecule has 0 aliphatic heterocycles. The van der Waals surface area contributed by atoms with Crippen molar-refractivity contribution in [2.45, 2.75) is 13.5 Å². The van der Waals surface area contributed by atoms with Crippen molar-refractivity contribution in [2.75, 3.05) is 7.11 Å². The molecular weight excluding hydrogens is 194 g/mol. The van der Waals surface area contributed by atoms with E-state index in [1.165, 1.54) is 13.2 Å². The van der Waals surface area contributed by atoms with Crippen LogP contribution in [0.25, 0.3) is 6.08 Å². The predicted octanol–water partition coefficient (Wildman–Crippen LogP) is 0.983. The normalized spacial score (nSPS) is 10.9. The van der Waals surface area contributed by atoms with E-state index in [2.05, 4.69) is 9.84 Å². The number of carbonyl (C=O) groups is 1. The van der Waals surface area contributed by atoms with Crippen LogP contribution in [0, 0.1) is 11.3 Å². The highest BCUT2D eigenvalue weighted by molar-refractivity contribution is 5.97. The summed E-state index contributed by atoms with van der Waals surface area (Å²) >= 11 is 0. The van der Waals surface area contributed by atoms with E-state index >= 15 is 0 Å². The summed E-state index contributed by atoms with van der Waals surface area (Å²) in [5, 5.41) is 12.7. The van der Waals surface area contributed by atoms with Gasteiger partial charge >= 0.3 is 5.97 Å². The van der Waals surface area contributed by atoms with Crippen molar-refractivity contribution >= 4 is 12.0 Å². The maximum Gasteiger partial charge on any atom is 0.348 e. The summed E-state index contributed by atoms with van der Waals surface area (Å²) in [6.45, 7) is 2.69. The van der Waals surface area contributed by atoms with Crippen LogP contribution in [-0.4, -0.2) is 22.9 Å². The Balaban J connectivity index is 2.94. The fourth-order valence-corrected chi connectivity index (χ4v) is 1.04. The number of hydrogen-bond donors (Lipinski definition) is 0. The lowest BCUT2D eigenvalue weighted by Gasteiger charge is -1.94. The molecule has 5 nitrogen and oxygen atoms in total. The van der Waals surface area contributed by atoms with Crippen LogP contribution in [0.4, 0.5) is 0 Å². The minimum absolute atomic E-state index is 0.0341. The number of ether oxygens (including phenoxy) is 1. The lowest BCUT2D eigenvalue weighted by molar-refractivity contribution is -0.135. The molecule has 0 atom stereocenters. The second kappa shape index (κ2) is 4.96. The largest absolute Gasteiger partial charge is 0.465 e. The van der Waals surface area contributed by atoms with Crippen LogP contribution in [0.5, 0.6) is 0 Å². The Morgan fingerprint density at radius 3 is 3.00 bits per heavy atom. The standard InChI is InChI=1S/C10H11N3O2/c1-3-13-7-8(6-12-13)4-9(5-11)10(14)15-2/h4,6-7H,3H2,1-2H3/b9-4-. The van der Waals surface area contributed by atoms with Gasteiger partial charge in [-0.1, -0.05) is 0 Å². The second-order valence-corrected chi connectivity index (χ2v) is 2.79. The maximum absolute atomic E-state index is 11.1. The van der Waals surface area contributed by atoms with E-state index in [0.717, 1.165) is 6.54 Å². The van der Waals surface area contributed by atoms with Gasteiger partial charge in [0.15, 0.2) is 0 Å². The fourth-order valence-electron chi connectivity index (χ4n) is 1.04. The van der Waals surface area contributed by atoms with Crippen molar-refractivity contribution in [3.05, 3.63) is 23.5 Å². The molecule has 78 valence electrons. The summed E-state index contributed by atoms with van der Waals surface area (Å²) in [6.07, 6.45) is 4.79. The van der Waals surface area contributed by atoms with Crippen molar-refractivity contribution < 1.29 is 9.53 Å². The summed E-state index contributed by atoms with van der Waals surface area (Å²) in [6, 6.07) is 1.78. The summed E-state index contributed by atoms with van der Waals surface area (Å²) in [7, 11) is 1.24. The number of hydrogen-bond acceptors (Lipinski definition) is 4. The lowest BCUT2D eigenvalue weighted by Crippen LogP contribution is -2.02. The van der Waals surface area contributed by atoms with Crippen LogP contribution in [0.15, 0.2) is 18.0 Å². The highest BCUT2D eigenvalue weighted by atomic mass is 16.5. The Morgan fingerprint density at radius 1 is 1.80 bits per heavy atom. The minimum atomic E-state index is -0.637. The number of nitriles is 1. The first-order valence-corrected chi connectivity index (χ1v) is 4.43. The molecule has 1 rings (SSSR count). The van der Waals surface area contributed by atoms with E-state index in [0.29, 0.717) is 5.56 Å². The number of carbonyl (C=O) groups excluding carboxylic acids is 1. The highest BCUT2D eigenvalue weighted by Gasteiger charge is 2.08. The zero-order chi connectivity index (χ0) is 11.3. The van der Waals surface area contributed by atoms with Crippen LogP contribution in [0.2, 0.25) is 0 Å². The average molecular weight is 205 g/mol. The molecule has 1 heterocycles. The molecule has 5 heteroatoms. The molecule has 0 unspecified atom stereocenters. The number of methoxy groups -OCH3 is 1. The monoisotopic (exact) mass is 205 g/mol. The molecule has 0 aliphatic rings. The average Bonchev–Trinajstić information content (AvgIpc) is 2.72. The first-order chi connectivity index (χ1) is 7.21. The molecule has 0 aliphatic carbocycles. The van der Waals surface area contributed by atoms with Gasteiger partial charge in [0.2, 0.25) is 0 Å². The quantitative estimate of drug-likeness (QED) is 0.419. The zero-order valence-electron chi connectivity index (χ0n) is 8.60. The molecule has 0 bridgehead atoms. The van der Waals surface area contributed by atoms with E-state index in [9.17, 15) is 4.79 Å². The summed E-state index contributed by atoms with van der Waals surface area (Å²) in [5.74, 6) is -0.637. The number of aromatic nitrogens is 2. The van der Waals surface area contributed by atoms with Crippen molar-refractivity contribution in [3.63, 3.8) is 0 Å². The van der Waals surface area contributed by atoms with Gasteiger partial charge in [0.25, 0.3) is 0 Å². The Morgan fingerprint density at radius 2 is 2.53 bits per heavy atom. The topological polar surface area (TPSA) is 67.9 Å². The number of nitrogens with zero attached hydrogens (tertiary/aromatic N) is 3. The Labute approximate surface area is 87.6 Å². The number of aryl methyl sites for hydroxylation is 1. The molecule has 15 heavy (non-hydrogen) atoms. The molecule has 0 radical (unpaired) electrons. The van der Waals surface area contributed by atoms with Crippen molar-refractivity contribution in [1.82, 2.24) is 9.78 Å². The molecule has 0 N–H and O–H groups in total. The Hall–Kier alpha value is -2.09. The van der Waals surface area contributed by atoms with Crippen LogP contribution in [-0.2, 0) is 16.1 Å². The van der Waals surface area contributed by atoms with E-state index in [1.54, 1.807) is 23.1 Å². The van der Waals surface area contributed by atoms with Crippen LogP contribution in [0.1, 0.15) is 12.5 Å². The zero-order valence-corrected chi connectivity index (χ0v) is 8.60. The molecule has 1 aromatic rings. The fraction of sp³-hybridized carbons (Fsp3) is 0.300. The van der Waals surface area contributed by atoms with Gasteiger partial charge in [-0.25, -0.2) is 4.79 Å². The van der Waals surface area contributed by atoms with Gasteiger partial charge in [-0.15, -0.1) is 0 Å². The van der Waals surface area contributed by atoms with Gasteiger partial charge in [-0.2, -0.15) is 10.4 Å². The lowest BCUT2D eigenvalue weighted by atomic mass is 10.2. The van der Waals surface area contributed by atoms with E-state index < -0.39 is 5.97 Å². The molecule has 0 amide bonds. The minimum Gasteiger partial charge on any atom is -0.465 e. The summed E-state index contributed by atoms with van der Waals surface area (Å²) < 4.78 is 6.16. The maximum atomic E-state index is 11.1. The Bertz CT molecular complexity index is 426. The van der Waals surface area contributed by atoms with E-state index in [4.69, 9.17) is 5.26 Å². The van der Waals surface area contributed by atoms with Crippen molar-refractivity contribution in [3.8, 4) is 6.07 Å². The number of rotatable bonds is 3. The highest BCUT2D eigenvalue weighted by Crippen LogP contribution is 2.06. The van der Waals surface area contributed by atoms with Crippen LogP contribution in [0.3, 0.4) is 0 Å². The smallest absolute Gasteiger partial charge is 0.348 e. The van der Waals surface area contributed by atoms with Crippen LogP contribution >= 0.6 is 0 Å². The summed E-state index contributed by atoms with van der Waals surface area (Å²) in [5.41, 5.74) is 0.673. The molecule has 1 aromatic heterocycles. The van der Waals surface area contributed by atoms with Crippen molar-refractivity contribution in [1.29, 1.82) is 5.26 Å². The molecule has 0 fully saturated rings. The van der Waals surface area contributed by atoms with Gasteiger partial charge in [0.1, 0.15) is 11.6 Å². The first kappa shape index (κ1) is 11.0. The van der Waals surface area contributed by atoms with Gasteiger partial charge in [-0.3, -0.25) is 4.68 Å². The first-order valence-electron chi connectivity index (χ1n) is 4.43. The summed E-state index contributed by atoms with van der Waals surface area (Å²) in [4.78, 5) is 11.1. The molecule has 0 saturated carbocycles. The second-order valence-electron chi connectivity index (χ2n) is 2.79. The third-order valence-corrected chi connectivity index (χ3v) is 1.81. The SMILES string of the molecule is CCn1cc(/C=C(/C#N)C(=O)OC)cn1. The molecule has 0 spiro atoms.